The van der Waals surface area contributed by atoms with Crippen LogP contribution in [0.2, 0.25) is 0 Å². The first-order chi connectivity index (χ1) is 16.4. The van der Waals surface area contributed by atoms with Gasteiger partial charge in [0.25, 0.3) is 0 Å². The molecule has 0 radical (unpaired) electrons. The Kier molecular flexibility index (Phi) is 6.02. The van der Waals surface area contributed by atoms with Gasteiger partial charge in [-0.15, -0.1) is 0 Å². The number of aromatic amines is 1. The molecule has 0 spiro atoms. The molecular weight excluding hydrogens is 443 g/mol. The lowest BCUT2D eigenvalue weighted by Gasteiger charge is -2.40. The number of benzene rings is 2. The molecule has 2 aliphatic rings. The van der Waals surface area contributed by atoms with E-state index < -0.39 is 17.7 Å². The van der Waals surface area contributed by atoms with Crippen LogP contribution in [0.15, 0.2) is 36.4 Å². The minimum atomic E-state index is -0.906. The van der Waals surface area contributed by atoms with Gasteiger partial charge < -0.3 is 14.6 Å². The lowest BCUT2D eigenvalue weighted by atomic mass is 9.88. The number of amides is 1. The first-order valence-corrected chi connectivity index (χ1v) is 11.7. The number of carbonyl (C=O) groups is 1. The molecule has 1 amide bonds. The number of H-pyrrole nitrogens is 1. The van der Waals surface area contributed by atoms with Gasteiger partial charge in [-0.25, -0.2) is 8.78 Å². The second-order valence-electron chi connectivity index (χ2n) is 9.37. The van der Waals surface area contributed by atoms with Gasteiger partial charge in [0.15, 0.2) is 0 Å². The Bertz CT molecular complexity index is 1200. The molecule has 0 saturated carbocycles. The molecule has 0 bridgehead atoms. The van der Waals surface area contributed by atoms with Gasteiger partial charge in [0.2, 0.25) is 5.91 Å². The van der Waals surface area contributed by atoms with Crippen molar-refractivity contribution in [3.8, 4) is 5.75 Å². The number of aromatic nitrogens is 1. The van der Waals surface area contributed by atoms with Gasteiger partial charge >= 0.3 is 0 Å². The van der Waals surface area contributed by atoms with Crippen LogP contribution in [0.3, 0.4) is 0 Å². The summed E-state index contributed by atoms with van der Waals surface area (Å²) in [5.41, 5.74) is 2.32. The number of fused-ring (bicyclic) bond motifs is 3. The minimum Gasteiger partial charge on any atom is -0.492 e. The topological polar surface area (TPSA) is 48.6 Å². The Morgan fingerprint density at radius 3 is 2.56 bits per heavy atom. The number of likely N-dealkylation sites (tertiary alicyclic amines) is 1. The molecule has 5 rings (SSSR count). The molecule has 1 saturated heterocycles. The van der Waals surface area contributed by atoms with Crippen LogP contribution in [0, 0.1) is 17.6 Å². The van der Waals surface area contributed by atoms with E-state index in [1.54, 1.807) is 4.90 Å². The van der Waals surface area contributed by atoms with E-state index in [1.807, 2.05) is 36.1 Å². The van der Waals surface area contributed by atoms with Gasteiger partial charge in [0.05, 0.1) is 12.2 Å². The number of nitrogens with one attached hydrogen (secondary N) is 1. The lowest BCUT2D eigenvalue weighted by Crippen LogP contribution is -2.49. The largest absolute Gasteiger partial charge is 0.492 e. The molecule has 0 unspecified atom stereocenters. The van der Waals surface area contributed by atoms with Crippen molar-refractivity contribution in [2.24, 2.45) is 5.92 Å². The zero-order valence-electron chi connectivity index (χ0n) is 19.3. The third kappa shape index (κ3) is 3.94. The third-order valence-corrected chi connectivity index (χ3v) is 6.99. The summed E-state index contributed by atoms with van der Waals surface area (Å²) in [5, 5.41) is 0.999. The first kappa shape index (κ1) is 22.8. The van der Waals surface area contributed by atoms with E-state index in [0.717, 1.165) is 16.5 Å². The maximum atomic E-state index is 15.4. The van der Waals surface area contributed by atoms with E-state index in [1.165, 1.54) is 19.1 Å². The quantitative estimate of drug-likeness (QED) is 0.571. The van der Waals surface area contributed by atoms with Crippen molar-refractivity contribution in [2.75, 3.05) is 32.9 Å². The maximum absolute atomic E-state index is 15.4. The molecule has 180 valence electrons. The molecule has 1 fully saturated rings. The van der Waals surface area contributed by atoms with Gasteiger partial charge in [-0.2, -0.15) is 0 Å². The molecule has 2 aromatic carbocycles. The average molecular weight is 472 g/mol. The van der Waals surface area contributed by atoms with Crippen LogP contribution in [0.5, 0.6) is 5.75 Å². The molecule has 3 heterocycles. The fourth-order valence-corrected chi connectivity index (χ4v) is 5.39. The predicted octanol–water partition coefficient (Wildman–Crippen LogP) is 4.61. The minimum absolute atomic E-state index is 0.0748. The highest BCUT2D eigenvalue weighted by atomic mass is 19.1. The van der Waals surface area contributed by atoms with Crippen LogP contribution in [0.25, 0.3) is 10.9 Å². The van der Waals surface area contributed by atoms with E-state index in [-0.39, 0.29) is 42.5 Å². The molecule has 1 aromatic heterocycles. The number of rotatable bonds is 6. The Hall–Kier alpha value is -3.00. The summed E-state index contributed by atoms with van der Waals surface area (Å²) in [4.78, 5) is 19.5. The van der Waals surface area contributed by atoms with Crippen molar-refractivity contribution in [1.82, 2.24) is 14.8 Å². The van der Waals surface area contributed by atoms with Crippen LogP contribution in [0.4, 0.5) is 13.2 Å². The maximum Gasteiger partial charge on any atom is 0.220 e. The number of hydrogen-bond acceptors (Lipinski definition) is 3. The highest BCUT2D eigenvalue weighted by molar-refractivity contribution is 5.86. The number of halogens is 3. The van der Waals surface area contributed by atoms with Crippen LogP contribution < -0.4 is 4.74 Å². The second kappa shape index (κ2) is 8.98. The summed E-state index contributed by atoms with van der Waals surface area (Å²) in [6.07, 6.45) is 0.597. The molecule has 1 N–H and O–H groups in total. The molecule has 2 aliphatic heterocycles. The Balaban J connectivity index is 1.46. The zero-order chi connectivity index (χ0) is 24.0. The van der Waals surface area contributed by atoms with Crippen molar-refractivity contribution in [3.63, 3.8) is 0 Å². The van der Waals surface area contributed by atoms with E-state index in [2.05, 4.69) is 4.98 Å². The standard InChI is InChI=1S/C26H28F3N3O2/c1-15-9-20-19-5-3-4-6-23(19)30-25(20)26(32(15)16(2)33)24-21(28)10-18(11-22(24)29)34-8-7-31-13-17(12-27)14-31/h3-6,10-11,15,17,26,30H,7-9,12-14H2,1-2H3/t15-,26-/m1/s1. The van der Waals surface area contributed by atoms with Crippen molar-refractivity contribution >= 4 is 16.8 Å². The van der Waals surface area contributed by atoms with Gasteiger partial charge in [0.1, 0.15) is 30.0 Å². The Morgan fingerprint density at radius 2 is 1.88 bits per heavy atom. The predicted molar refractivity (Wildman–Crippen MR) is 124 cm³/mol. The summed E-state index contributed by atoms with van der Waals surface area (Å²) in [7, 11) is 0. The van der Waals surface area contributed by atoms with Crippen molar-refractivity contribution in [2.45, 2.75) is 32.4 Å². The van der Waals surface area contributed by atoms with Gasteiger partial charge in [0, 0.05) is 67.2 Å². The number of alkyl halides is 1. The number of nitrogens with zero attached hydrogens (tertiary/aromatic N) is 2. The molecule has 0 aliphatic carbocycles. The molecule has 2 atom stereocenters. The van der Waals surface area contributed by atoms with E-state index in [9.17, 15) is 9.18 Å². The SMILES string of the molecule is CC(=O)N1[C@H](c2c(F)cc(OCCN3CC(CF)C3)cc2F)c2[nH]c3ccccc3c2C[C@H]1C. The normalized spacial score (nSPS) is 20.9. The van der Waals surface area contributed by atoms with Gasteiger partial charge in [-0.3, -0.25) is 14.1 Å². The van der Waals surface area contributed by atoms with E-state index >= 15 is 8.78 Å². The fraction of sp³-hybridized carbons (Fsp3) is 0.423. The van der Waals surface area contributed by atoms with Gasteiger partial charge in [-0.05, 0) is 25.0 Å². The van der Waals surface area contributed by atoms with Crippen LogP contribution in [-0.4, -0.2) is 59.6 Å². The average Bonchev–Trinajstić information content (AvgIpc) is 3.13. The first-order valence-electron chi connectivity index (χ1n) is 11.7. The molecule has 8 heteroatoms. The zero-order valence-corrected chi connectivity index (χ0v) is 19.3. The van der Waals surface area contributed by atoms with Crippen LogP contribution in [-0.2, 0) is 11.2 Å². The monoisotopic (exact) mass is 471 g/mol. The van der Waals surface area contributed by atoms with Crippen LogP contribution >= 0.6 is 0 Å². The number of hydrogen-bond donors (Lipinski definition) is 1. The van der Waals surface area contributed by atoms with Crippen molar-refractivity contribution in [1.29, 1.82) is 0 Å². The van der Waals surface area contributed by atoms with Crippen molar-refractivity contribution in [3.05, 3.63) is 64.9 Å². The molecule has 3 aromatic rings. The summed E-state index contributed by atoms with van der Waals surface area (Å²) in [6.45, 7) is 5.17. The highest BCUT2D eigenvalue weighted by Crippen LogP contribution is 2.43. The van der Waals surface area contributed by atoms with Crippen molar-refractivity contribution < 1.29 is 22.7 Å². The molecule has 5 nitrogen and oxygen atoms in total. The Labute approximate surface area is 196 Å². The number of carbonyl (C=O) groups excluding carboxylic acids is 1. The Morgan fingerprint density at radius 1 is 1.18 bits per heavy atom. The summed E-state index contributed by atoms with van der Waals surface area (Å²) < 4.78 is 49.1. The van der Waals surface area contributed by atoms with Gasteiger partial charge in [-0.1, -0.05) is 18.2 Å². The van der Waals surface area contributed by atoms with Crippen LogP contribution in [0.1, 0.15) is 36.7 Å². The number of ether oxygens (including phenoxy) is 1. The third-order valence-electron chi connectivity index (χ3n) is 6.99. The fourth-order valence-electron chi connectivity index (χ4n) is 5.39. The molecule has 34 heavy (non-hydrogen) atoms. The summed E-state index contributed by atoms with van der Waals surface area (Å²) in [5.74, 6) is -1.60. The van der Waals surface area contributed by atoms with E-state index in [4.69, 9.17) is 4.74 Å². The van der Waals surface area contributed by atoms with E-state index in [0.29, 0.717) is 31.7 Å². The smallest absolute Gasteiger partial charge is 0.220 e. The number of para-hydroxylation sites is 1. The lowest BCUT2D eigenvalue weighted by molar-refractivity contribution is -0.133. The summed E-state index contributed by atoms with van der Waals surface area (Å²) in [6, 6.07) is 8.96. The highest BCUT2D eigenvalue weighted by Gasteiger charge is 2.40. The summed E-state index contributed by atoms with van der Waals surface area (Å²) >= 11 is 0. The second-order valence-corrected chi connectivity index (χ2v) is 9.37. The molecular formula is C26H28F3N3O2.